The Balaban J connectivity index is 2.17. The predicted molar refractivity (Wildman–Crippen MR) is 97.9 cm³/mol. The summed E-state index contributed by atoms with van der Waals surface area (Å²) in [5.41, 5.74) is 2.54. The third-order valence-corrected chi connectivity index (χ3v) is 4.60. The molecular weight excluding hydrogens is 354 g/mol. The average Bonchev–Trinajstić information content (AvgIpc) is 2.63. The summed E-state index contributed by atoms with van der Waals surface area (Å²) < 4.78 is 32.4. The maximum absolute atomic E-state index is 14.2. The minimum absolute atomic E-state index is 0.0417. The number of aliphatic carboxylic acids is 1. The van der Waals surface area contributed by atoms with Crippen molar-refractivity contribution in [2.75, 3.05) is 7.11 Å². The Bertz CT molecular complexity index is 774. The topological polar surface area (TPSA) is 66.8 Å². The van der Waals surface area contributed by atoms with Crippen LogP contribution in [0.2, 0.25) is 0 Å². The third-order valence-electron chi connectivity index (χ3n) is 4.60. The van der Waals surface area contributed by atoms with E-state index in [4.69, 9.17) is 9.84 Å². The molecule has 0 saturated heterocycles. The molecule has 0 aliphatic rings. The second-order valence-electron chi connectivity index (χ2n) is 6.79. The minimum Gasteiger partial charge on any atom is -0.494 e. The lowest BCUT2D eigenvalue weighted by Crippen LogP contribution is -2.22. The van der Waals surface area contributed by atoms with Crippen LogP contribution < -0.4 is 4.74 Å². The lowest BCUT2D eigenvalue weighted by atomic mass is 9.91. The number of aryl methyl sites for hydroxylation is 1. The van der Waals surface area contributed by atoms with Gasteiger partial charge in [0.1, 0.15) is 5.82 Å². The van der Waals surface area contributed by atoms with Crippen molar-refractivity contribution in [1.82, 2.24) is 0 Å². The molecule has 146 valence electrons. The molecule has 0 heterocycles. The Morgan fingerprint density at radius 2 is 1.81 bits per heavy atom. The van der Waals surface area contributed by atoms with Gasteiger partial charge >= 0.3 is 5.97 Å². The molecule has 0 aliphatic carbocycles. The second kappa shape index (κ2) is 9.46. The van der Waals surface area contributed by atoms with E-state index in [1.807, 2.05) is 6.92 Å². The van der Waals surface area contributed by atoms with Crippen LogP contribution in [-0.2, 0) is 17.6 Å². The zero-order valence-corrected chi connectivity index (χ0v) is 15.4. The molecule has 0 bridgehead atoms. The summed E-state index contributed by atoms with van der Waals surface area (Å²) in [6.07, 6.45) is 0.378. The molecule has 2 atom stereocenters. The zero-order valence-electron chi connectivity index (χ0n) is 15.4. The van der Waals surface area contributed by atoms with E-state index in [1.54, 1.807) is 18.2 Å². The molecule has 0 spiro atoms. The van der Waals surface area contributed by atoms with Crippen LogP contribution >= 0.6 is 0 Å². The molecule has 4 nitrogen and oxygen atoms in total. The van der Waals surface area contributed by atoms with Crippen LogP contribution in [0.3, 0.4) is 0 Å². The number of aliphatic hydroxyl groups is 1. The number of benzene rings is 2. The van der Waals surface area contributed by atoms with E-state index in [0.717, 1.165) is 16.7 Å². The van der Waals surface area contributed by atoms with Gasteiger partial charge in [0.15, 0.2) is 17.7 Å². The van der Waals surface area contributed by atoms with E-state index in [0.29, 0.717) is 19.3 Å². The van der Waals surface area contributed by atoms with Gasteiger partial charge < -0.3 is 14.9 Å². The van der Waals surface area contributed by atoms with Crippen LogP contribution in [0.4, 0.5) is 8.78 Å². The van der Waals surface area contributed by atoms with Crippen molar-refractivity contribution in [3.63, 3.8) is 0 Å². The first kappa shape index (κ1) is 20.8. The molecule has 2 aromatic rings. The number of aliphatic hydroxyl groups excluding tert-OH is 1. The molecule has 27 heavy (non-hydrogen) atoms. The molecule has 2 N–H and O–H groups in total. The number of halogens is 2. The lowest BCUT2D eigenvalue weighted by Gasteiger charge is -2.16. The van der Waals surface area contributed by atoms with Gasteiger partial charge in [0, 0.05) is 0 Å². The van der Waals surface area contributed by atoms with Gasteiger partial charge in [0.2, 0.25) is 0 Å². The summed E-state index contributed by atoms with van der Waals surface area (Å²) >= 11 is 0. The Labute approximate surface area is 157 Å². The predicted octanol–water partition coefficient (Wildman–Crippen LogP) is 3.97. The Kier molecular flexibility index (Phi) is 7.30. The fourth-order valence-electron chi connectivity index (χ4n) is 3.01. The quantitative estimate of drug-likeness (QED) is 0.693. The summed E-state index contributed by atoms with van der Waals surface area (Å²) in [5, 5.41) is 18.3. The number of hydrogen-bond donors (Lipinski definition) is 2. The fraction of sp³-hybridized carbons (Fsp3) is 0.381. The van der Waals surface area contributed by atoms with Gasteiger partial charge in [-0.05, 0) is 72.6 Å². The summed E-state index contributed by atoms with van der Waals surface area (Å²) in [6, 6.07) is 9.20. The van der Waals surface area contributed by atoms with E-state index in [1.165, 1.54) is 25.3 Å². The first-order valence-electron chi connectivity index (χ1n) is 8.80. The van der Waals surface area contributed by atoms with E-state index in [9.17, 15) is 18.7 Å². The zero-order chi connectivity index (χ0) is 20.0. The highest BCUT2D eigenvalue weighted by Crippen LogP contribution is 2.27. The van der Waals surface area contributed by atoms with Crippen molar-refractivity contribution in [3.05, 3.63) is 64.7 Å². The Morgan fingerprint density at radius 1 is 1.15 bits per heavy atom. The van der Waals surface area contributed by atoms with Gasteiger partial charge in [0.05, 0.1) is 7.11 Å². The summed E-state index contributed by atoms with van der Waals surface area (Å²) in [6.45, 7) is 1.85. The fourth-order valence-corrected chi connectivity index (χ4v) is 3.01. The van der Waals surface area contributed by atoms with E-state index >= 15 is 0 Å². The normalized spacial score (nSPS) is 13.2. The smallest absolute Gasteiger partial charge is 0.332 e. The van der Waals surface area contributed by atoms with Crippen LogP contribution in [-0.4, -0.2) is 29.4 Å². The highest BCUT2D eigenvalue weighted by molar-refractivity contribution is 5.71. The monoisotopic (exact) mass is 378 g/mol. The number of ether oxygens (including phenoxy) is 1. The lowest BCUT2D eigenvalue weighted by molar-refractivity contribution is -0.147. The van der Waals surface area contributed by atoms with Crippen LogP contribution in [0.15, 0.2) is 36.4 Å². The molecule has 0 radical (unpaired) electrons. The number of carboxylic acids is 1. The Hall–Kier alpha value is -2.47. The molecular formula is C21H24F2O4. The maximum Gasteiger partial charge on any atom is 0.332 e. The highest BCUT2D eigenvalue weighted by atomic mass is 19.1. The van der Waals surface area contributed by atoms with Crippen molar-refractivity contribution in [1.29, 1.82) is 0 Å². The molecule has 0 fully saturated rings. The Morgan fingerprint density at radius 3 is 2.41 bits per heavy atom. The average molecular weight is 378 g/mol. The number of methoxy groups -OCH3 is 1. The van der Waals surface area contributed by atoms with Gasteiger partial charge in [-0.25, -0.2) is 13.6 Å². The second-order valence-corrected chi connectivity index (χ2v) is 6.79. The molecule has 2 aromatic carbocycles. The summed E-state index contributed by atoms with van der Waals surface area (Å²) in [4.78, 5) is 10.8. The molecule has 6 heteroatoms. The molecule has 0 aliphatic heterocycles. The SMILES string of the molecule is COc1cc(Cc2ccc(F)cc2)c(CCC(C)CC(O)C(=O)O)cc1F. The maximum atomic E-state index is 14.2. The summed E-state index contributed by atoms with van der Waals surface area (Å²) in [5.74, 6) is -1.92. The van der Waals surface area contributed by atoms with Crippen molar-refractivity contribution >= 4 is 5.97 Å². The number of carbonyl (C=O) groups is 1. The molecule has 0 aromatic heterocycles. The van der Waals surface area contributed by atoms with Gasteiger partial charge in [0.25, 0.3) is 0 Å². The molecule has 0 saturated carbocycles. The van der Waals surface area contributed by atoms with Crippen molar-refractivity contribution < 1.29 is 28.5 Å². The largest absolute Gasteiger partial charge is 0.494 e. The van der Waals surface area contributed by atoms with E-state index in [-0.39, 0.29) is 23.9 Å². The van der Waals surface area contributed by atoms with Crippen LogP contribution in [0.5, 0.6) is 5.75 Å². The first-order chi connectivity index (χ1) is 12.8. The van der Waals surface area contributed by atoms with Gasteiger partial charge in [-0.3, -0.25) is 0 Å². The first-order valence-corrected chi connectivity index (χ1v) is 8.80. The van der Waals surface area contributed by atoms with E-state index < -0.39 is 17.9 Å². The number of carboxylic acid groups (broad SMARTS) is 1. The molecule has 2 rings (SSSR count). The standard InChI is InChI=1S/C21H24F2O4/c1-13(9-19(24)21(25)26)3-6-15-11-18(23)20(27-2)12-16(15)10-14-4-7-17(22)8-5-14/h4-5,7-8,11-13,19,24H,3,6,9-10H2,1-2H3,(H,25,26). The van der Waals surface area contributed by atoms with Crippen molar-refractivity contribution in [2.45, 2.75) is 38.7 Å². The van der Waals surface area contributed by atoms with Crippen LogP contribution in [0, 0.1) is 17.6 Å². The molecule has 0 amide bonds. The minimum atomic E-state index is -1.40. The highest BCUT2D eigenvalue weighted by Gasteiger charge is 2.18. The van der Waals surface area contributed by atoms with Crippen molar-refractivity contribution in [3.8, 4) is 5.75 Å². The number of hydrogen-bond acceptors (Lipinski definition) is 3. The van der Waals surface area contributed by atoms with E-state index in [2.05, 4.69) is 0 Å². The van der Waals surface area contributed by atoms with Crippen LogP contribution in [0.25, 0.3) is 0 Å². The van der Waals surface area contributed by atoms with Crippen molar-refractivity contribution in [2.24, 2.45) is 5.92 Å². The molecule has 2 unspecified atom stereocenters. The summed E-state index contributed by atoms with van der Waals surface area (Å²) in [7, 11) is 1.40. The van der Waals surface area contributed by atoms with Gasteiger partial charge in [-0.2, -0.15) is 0 Å². The van der Waals surface area contributed by atoms with Crippen LogP contribution in [0.1, 0.15) is 36.5 Å². The van der Waals surface area contributed by atoms with Gasteiger partial charge in [-0.1, -0.05) is 19.1 Å². The third kappa shape index (κ3) is 6.03. The van der Waals surface area contributed by atoms with Gasteiger partial charge in [-0.15, -0.1) is 0 Å². The number of rotatable bonds is 9.